The molecule has 0 radical (unpaired) electrons. The summed E-state index contributed by atoms with van der Waals surface area (Å²) in [4.78, 5) is 0. The predicted octanol–water partition coefficient (Wildman–Crippen LogP) is 3.82. The van der Waals surface area contributed by atoms with E-state index in [1.807, 2.05) is 6.92 Å². The summed E-state index contributed by atoms with van der Waals surface area (Å²) in [6, 6.07) is 3.92. The highest BCUT2D eigenvalue weighted by Crippen LogP contribution is 2.43. The Kier molecular flexibility index (Phi) is 4.43. The van der Waals surface area contributed by atoms with Crippen LogP contribution in [-0.4, -0.2) is 16.7 Å². The second-order valence-electron chi connectivity index (χ2n) is 6.35. The Hall–Kier alpha value is -1.82. The van der Waals surface area contributed by atoms with Crippen molar-refractivity contribution in [3.05, 3.63) is 47.2 Å². The quantitative estimate of drug-likeness (QED) is 0.909. The van der Waals surface area contributed by atoms with Gasteiger partial charge in [-0.15, -0.1) is 10.2 Å². The van der Waals surface area contributed by atoms with E-state index in [1.165, 1.54) is 18.2 Å². The fraction of sp³-hybridized carbons (Fsp3) is 0.529. The Balaban J connectivity index is 1.82. The fourth-order valence-electron chi connectivity index (χ4n) is 3.49. The van der Waals surface area contributed by atoms with Gasteiger partial charge in [0, 0.05) is 24.4 Å². The molecule has 1 fully saturated rings. The van der Waals surface area contributed by atoms with Crippen LogP contribution in [0.3, 0.4) is 0 Å². The third-order valence-corrected chi connectivity index (χ3v) is 4.71. The smallest absolute Gasteiger partial charge is 0.233 e. The first-order chi connectivity index (χ1) is 11.0. The van der Waals surface area contributed by atoms with Crippen LogP contribution in [0.5, 0.6) is 0 Å². The highest BCUT2D eigenvalue weighted by atomic mass is 19.1. The molecule has 0 saturated heterocycles. The Labute approximate surface area is 134 Å². The van der Waals surface area contributed by atoms with E-state index in [1.54, 1.807) is 6.92 Å². The molecule has 1 aromatic heterocycles. The number of hydrogen-bond acceptors (Lipinski definition) is 4. The number of nitrogens with one attached hydrogen (secondary N) is 1. The molecule has 1 aromatic carbocycles. The summed E-state index contributed by atoms with van der Waals surface area (Å²) < 4.78 is 34.0. The second kappa shape index (κ2) is 6.35. The van der Waals surface area contributed by atoms with E-state index in [4.69, 9.17) is 4.42 Å². The van der Waals surface area contributed by atoms with E-state index >= 15 is 0 Å². The maximum absolute atomic E-state index is 14.3. The van der Waals surface area contributed by atoms with Gasteiger partial charge in [-0.3, -0.25) is 0 Å². The second-order valence-corrected chi connectivity index (χ2v) is 6.35. The molecule has 1 aliphatic carbocycles. The molecular formula is C17H21F2N3O. The van der Waals surface area contributed by atoms with Crippen LogP contribution in [0.25, 0.3) is 0 Å². The van der Waals surface area contributed by atoms with E-state index in [0.717, 1.165) is 25.7 Å². The number of nitrogens with zero attached hydrogens (tertiary/aromatic N) is 2. The minimum atomic E-state index is -0.515. The number of hydrogen-bond donors (Lipinski definition) is 1. The fourth-order valence-corrected chi connectivity index (χ4v) is 3.49. The highest BCUT2D eigenvalue weighted by Gasteiger charge is 2.40. The van der Waals surface area contributed by atoms with Crippen molar-refractivity contribution in [1.29, 1.82) is 0 Å². The van der Waals surface area contributed by atoms with Gasteiger partial charge in [0.25, 0.3) is 0 Å². The summed E-state index contributed by atoms with van der Waals surface area (Å²) in [5.74, 6) is 0.0685. The Bertz CT molecular complexity index is 660. The van der Waals surface area contributed by atoms with Gasteiger partial charge in [-0.25, -0.2) is 8.78 Å². The van der Waals surface area contributed by atoms with Crippen molar-refractivity contribution in [2.75, 3.05) is 6.54 Å². The molecule has 0 spiro atoms. The topological polar surface area (TPSA) is 51.0 Å². The average molecular weight is 321 g/mol. The lowest BCUT2D eigenvalue weighted by molar-refractivity contribution is 0.329. The summed E-state index contributed by atoms with van der Waals surface area (Å²) in [7, 11) is 0. The normalized spacial score (nSPS) is 18.3. The number of halogens is 2. The van der Waals surface area contributed by atoms with Gasteiger partial charge in [0.15, 0.2) is 0 Å². The van der Waals surface area contributed by atoms with Crippen molar-refractivity contribution < 1.29 is 13.2 Å². The van der Waals surface area contributed by atoms with Gasteiger partial charge in [-0.2, -0.15) is 0 Å². The van der Waals surface area contributed by atoms with E-state index in [9.17, 15) is 8.78 Å². The van der Waals surface area contributed by atoms with Gasteiger partial charge >= 0.3 is 0 Å². The molecule has 2 aromatic rings. The minimum Gasteiger partial charge on any atom is -0.424 e. The Morgan fingerprint density at radius 3 is 2.43 bits per heavy atom. The molecule has 6 heteroatoms. The monoisotopic (exact) mass is 321 g/mol. The first-order valence-corrected chi connectivity index (χ1v) is 8.00. The van der Waals surface area contributed by atoms with E-state index in [2.05, 4.69) is 15.5 Å². The van der Waals surface area contributed by atoms with Crippen LogP contribution >= 0.6 is 0 Å². The van der Waals surface area contributed by atoms with Gasteiger partial charge < -0.3 is 9.73 Å². The van der Waals surface area contributed by atoms with Crippen LogP contribution in [0.4, 0.5) is 8.78 Å². The SMILES string of the molecule is Cc1nnc([C@@H](C)NCC2(c3c(F)cccc3F)CCCC2)o1. The Morgan fingerprint density at radius 2 is 1.87 bits per heavy atom. The first-order valence-electron chi connectivity index (χ1n) is 8.00. The maximum Gasteiger partial charge on any atom is 0.233 e. The van der Waals surface area contributed by atoms with Crippen molar-refractivity contribution >= 4 is 0 Å². The van der Waals surface area contributed by atoms with Gasteiger partial charge in [0.2, 0.25) is 11.8 Å². The van der Waals surface area contributed by atoms with Crippen molar-refractivity contribution in [1.82, 2.24) is 15.5 Å². The first kappa shape index (κ1) is 16.1. The number of rotatable bonds is 5. The predicted molar refractivity (Wildman–Crippen MR) is 82.0 cm³/mol. The third-order valence-electron chi connectivity index (χ3n) is 4.71. The van der Waals surface area contributed by atoms with Gasteiger partial charge in [-0.1, -0.05) is 18.9 Å². The van der Waals surface area contributed by atoms with Gasteiger partial charge in [0.05, 0.1) is 6.04 Å². The van der Waals surface area contributed by atoms with E-state index < -0.39 is 17.0 Å². The summed E-state index contributed by atoms with van der Waals surface area (Å²) >= 11 is 0. The standard InChI is InChI=1S/C17H21F2N3O/c1-11(16-22-21-12(2)23-16)20-10-17(8-3-4-9-17)15-13(18)6-5-7-14(15)19/h5-7,11,20H,3-4,8-10H2,1-2H3/t11-/m1/s1. The van der Waals surface area contributed by atoms with Crippen LogP contribution in [0, 0.1) is 18.6 Å². The highest BCUT2D eigenvalue weighted by molar-refractivity contribution is 5.30. The van der Waals surface area contributed by atoms with Crippen molar-refractivity contribution in [3.63, 3.8) is 0 Å². The molecule has 1 saturated carbocycles. The van der Waals surface area contributed by atoms with E-state index in [-0.39, 0.29) is 11.6 Å². The largest absolute Gasteiger partial charge is 0.424 e. The number of aromatic nitrogens is 2. The zero-order valence-corrected chi connectivity index (χ0v) is 13.4. The van der Waals surface area contributed by atoms with Crippen molar-refractivity contribution in [2.24, 2.45) is 0 Å². The van der Waals surface area contributed by atoms with Gasteiger partial charge in [0.1, 0.15) is 11.6 Å². The van der Waals surface area contributed by atoms with Gasteiger partial charge in [-0.05, 0) is 31.9 Å². The maximum atomic E-state index is 14.3. The molecule has 0 unspecified atom stereocenters. The summed E-state index contributed by atoms with van der Waals surface area (Å²) in [5, 5.41) is 11.1. The zero-order valence-electron chi connectivity index (χ0n) is 13.4. The Morgan fingerprint density at radius 1 is 1.22 bits per heavy atom. The van der Waals surface area contributed by atoms with Crippen LogP contribution in [0.15, 0.2) is 22.6 Å². The van der Waals surface area contributed by atoms with Crippen LogP contribution in [0.1, 0.15) is 56.0 Å². The molecule has 4 nitrogen and oxygen atoms in total. The van der Waals surface area contributed by atoms with Crippen LogP contribution < -0.4 is 5.32 Å². The molecule has 0 aliphatic heterocycles. The summed E-state index contributed by atoms with van der Waals surface area (Å²) in [6.07, 6.45) is 3.49. The third kappa shape index (κ3) is 3.13. The lowest BCUT2D eigenvalue weighted by Crippen LogP contribution is -2.38. The molecule has 1 N–H and O–H groups in total. The lowest BCUT2D eigenvalue weighted by atomic mass is 9.78. The van der Waals surface area contributed by atoms with E-state index in [0.29, 0.717) is 18.3 Å². The van der Waals surface area contributed by atoms with Crippen molar-refractivity contribution in [2.45, 2.75) is 51.0 Å². The summed E-state index contributed by atoms with van der Waals surface area (Å²) in [5.41, 5.74) is -0.308. The average Bonchev–Trinajstić information content (AvgIpc) is 3.15. The zero-order chi connectivity index (χ0) is 16.4. The molecule has 0 amide bonds. The molecule has 0 bridgehead atoms. The molecule has 124 valence electrons. The van der Waals surface area contributed by atoms with Crippen LogP contribution in [-0.2, 0) is 5.41 Å². The molecule has 23 heavy (non-hydrogen) atoms. The molecule has 1 aliphatic rings. The van der Waals surface area contributed by atoms with Crippen LogP contribution in [0.2, 0.25) is 0 Å². The number of aryl methyl sites for hydroxylation is 1. The summed E-state index contributed by atoms with van der Waals surface area (Å²) in [6.45, 7) is 4.12. The van der Waals surface area contributed by atoms with Crippen molar-refractivity contribution in [3.8, 4) is 0 Å². The molecule has 1 heterocycles. The minimum absolute atomic E-state index is 0.163. The lowest BCUT2D eigenvalue weighted by Gasteiger charge is -2.31. The molecular weight excluding hydrogens is 300 g/mol. The molecule has 3 rings (SSSR count). The molecule has 1 atom stereocenters. The number of benzene rings is 1.